The second kappa shape index (κ2) is 5.36. The molecule has 0 unspecified atom stereocenters. The standard InChI is InChI=1S/C17H22BrN3O2/c1-21-9-13(18)5-14(21)15(22)19-20-16(23)17-6-10-2-11(7-17)4-12(3-10)8-17/h5,9-12H,2-4,6-8H2,1H3,(H,19,22)(H,20,23). The molecule has 23 heavy (non-hydrogen) atoms. The molecule has 0 spiro atoms. The lowest BCUT2D eigenvalue weighted by atomic mass is 9.49. The second-order valence-corrected chi connectivity index (χ2v) is 8.68. The molecule has 1 aromatic rings. The first-order chi connectivity index (χ1) is 10.9. The first-order valence-electron chi connectivity index (χ1n) is 8.38. The van der Waals surface area contributed by atoms with Crippen LogP contribution < -0.4 is 10.9 Å². The Morgan fingerprint density at radius 3 is 2.17 bits per heavy atom. The van der Waals surface area contributed by atoms with Crippen LogP contribution in [0.2, 0.25) is 0 Å². The van der Waals surface area contributed by atoms with Crippen molar-refractivity contribution in [1.29, 1.82) is 0 Å². The van der Waals surface area contributed by atoms with E-state index < -0.39 is 0 Å². The van der Waals surface area contributed by atoms with Crippen LogP contribution >= 0.6 is 15.9 Å². The van der Waals surface area contributed by atoms with Gasteiger partial charge in [0.25, 0.3) is 5.91 Å². The summed E-state index contributed by atoms with van der Waals surface area (Å²) in [5, 5.41) is 0. The van der Waals surface area contributed by atoms with Crippen molar-refractivity contribution in [1.82, 2.24) is 15.4 Å². The molecule has 2 N–H and O–H groups in total. The molecular weight excluding hydrogens is 358 g/mol. The molecular formula is C17H22BrN3O2. The van der Waals surface area contributed by atoms with Gasteiger partial charge in [-0.3, -0.25) is 20.4 Å². The molecule has 4 aliphatic rings. The number of carbonyl (C=O) groups is 2. The maximum absolute atomic E-state index is 12.8. The molecule has 1 heterocycles. The van der Waals surface area contributed by atoms with Crippen LogP contribution in [-0.4, -0.2) is 16.4 Å². The number of hydrogen-bond acceptors (Lipinski definition) is 2. The fourth-order valence-corrected chi connectivity index (χ4v) is 5.97. The monoisotopic (exact) mass is 379 g/mol. The van der Waals surface area contributed by atoms with E-state index in [-0.39, 0.29) is 17.2 Å². The Bertz CT molecular complexity index is 632. The second-order valence-electron chi connectivity index (χ2n) is 7.76. The highest BCUT2D eigenvalue weighted by Gasteiger charge is 2.54. The van der Waals surface area contributed by atoms with E-state index in [1.165, 1.54) is 19.3 Å². The first-order valence-corrected chi connectivity index (χ1v) is 9.17. The number of hydrogen-bond donors (Lipinski definition) is 2. The SMILES string of the molecule is Cn1cc(Br)cc1C(=O)NNC(=O)C12CC3CC(CC(C3)C1)C2. The third-order valence-corrected chi connectivity index (χ3v) is 6.45. The van der Waals surface area contributed by atoms with Crippen molar-refractivity contribution in [2.45, 2.75) is 38.5 Å². The van der Waals surface area contributed by atoms with Gasteiger partial charge >= 0.3 is 0 Å². The molecule has 1 aromatic heterocycles. The molecule has 4 fully saturated rings. The van der Waals surface area contributed by atoms with E-state index in [1.807, 2.05) is 6.20 Å². The summed E-state index contributed by atoms with van der Waals surface area (Å²) in [6, 6.07) is 1.74. The average molecular weight is 380 g/mol. The fourth-order valence-electron chi connectivity index (χ4n) is 5.45. The van der Waals surface area contributed by atoms with Crippen LogP contribution in [0.25, 0.3) is 0 Å². The number of aromatic nitrogens is 1. The lowest BCUT2D eigenvalue weighted by Gasteiger charge is -2.55. The minimum Gasteiger partial charge on any atom is -0.345 e. The predicted octanol–water partition coefficient (Wildman–Crippen LogP) is 2.77. The van der Waals surface area contributed by atoms with E-state index in [2.05, 4.69) is 26.8 Å². The van der Waals surface area contributed by atoms with E-state index >= 15 is 0 Å². The van der Waals surface area contributed by atoms with Gasteiger partial charge in [-0.15, -0.1) is 0 Å². The number of nitrogens with one attached hydrogen (secondary N) is 2. The maximum atomic E-state index is 12.8. The van der Waals surface area contributed by atoms with Gasteiger partial charge in [0.2, 0.25) is 5.91 Å². The summed E-state index contributed by atoms with van der Waals surface area (Å²) in [4.78, 5) is 25.0. The van der Waals surface area contributed by atoms with E-state index in [0.717, 1.165) is 23.7 Å². The lowest BCUT2D eigenvalue weighted by molar-refractivity contribution is -0.147. The van der Waals surface area contributed by atoms with E-state index in [4.69, 9.17) is 0 Å². The Morgan fingerprint density at radius 2 is 1.70 bits per heavy atom. The molecule has 0 aromatic carbocycles. The number of rotatable bonds is 2. The molecule has 0 atom stereocenters. The van der Waals surface area contributed by atoms with Crippen LogP contribution in [0, 0.1) is 23.2 Å². The predicted molar refractivity (Wildman–Crippen MR) is 89.3 cm³/mol. The van der Waals surface area contributed by atoms with Crippen LogP contribution in [0.4, 0.5) is 0 Å². The van der Waals surface area contributed by atoms with Gasteiger partial charge in [0, 0.05) is 17.7 Å². The van der Waals surface area contributed by atoms with Gasteiger partial charge in [-0.05, 0) is 78.3 Å². The van der Waals surface area contributed by atoms with Crippen LogP contribution in [0.3, 0.4) is 0 Å². The van der Waals surface area contributed by atoms with Gasteiger partial charge in [0.05, 0.1) is 5.41 Å². The molecule has 0 aliphatic heterocycles. The van der Waals surface area contributed by atoms with Crippen LogP contribution in [0.15, 0.2) is 16.7 Å². The van der Waals surface area contributed by atoms with Crippen molar-refractivity contribution >= 4 is 27.7 Å². The quantitative estimate of drug-likeness (QED) is 0.775. The van der Waals surface area contributed by atoms with Crippen LogP contribution in [0.1, 0.15) is 49.0 Å². The van der Waals surface area contributed by atoms with Crippen molar-refractivity contribution < 1.29 is 9.59 Å². The van der Waals surface area contributed by atoms with Crippen LogP contribution in [0.5, 0.6) is 0 Å². The lowest BCUT2D eigenvalue weighted by Crippen LogP contribution is -2.56. The number of amides is 2. The fraction of sp³-hybridized carbons (Fsp3) is 0.647. The molecule has 4 saturated carbocycles. The minimum absolute atomic E-state index is 0.0122. The minimum atomic E-state index is -0.281. The van der Waals surface area contributed by atoms with E-state index in [1.54, 1.807) is 17.7 Å². The Morgan fingerprint density at radius 1 is 1.13 bits per heavy atom. The van der Waals surface area contributed by atoms with E-state index in [0.29, 0.717) is 23.4 Å². The largest absolute Gasteiger partial charge is 0.345 e. The Labute approximate surface area is 144 Å². The number of aryl methyl sites for hydroxylation is 1. The number of hydrazine groups is 1. The van der Waals surface area contributed by atoms with Gasteiger partial charge in [-0.25, -0.2) is 0 Å². The Balaban J connectivity index is 1.42. The van der Waals surface area contributed by atoms with Crippen LogP contribution in [-0.2, 0) is 11.8 Å². The van der Waals surface area contributed by atoms with Gasteiger partial charge in [0.15, 0.2) is 0 Å². The van der Waals surface area contributed by atoms with Crippen molar-refractivity contribution in [3.8, 4) is 0 Å². The highest BCUT2D eigenvalue weighted by atomic mass is 79.9. The van der Waals surface area contributed by atoms with Crippen molar-refractivity contribution in [3.63, 3.8) is 0 Å². The maximum Gasteiger partial charge on any atom is 0.286 e. The zero-order chi connectivity index (χ0) is 16.2. The normalized spacial score (nSPS) is 34.4. The number of carbonyl (C=O) groups excluding carboxylic acids is 2. The Kier molecular flexibility index (Phi) is 3.55. The molecule has 0 saturated heterocycles. The highest BCUT2D eigenvalue weighted by Crippen LogP contribution is 2.59. The number of halogens is 1. The summed E-state index contributed by atoms with van der Waals surface area (Å²) in [7, 11) is 1.81. The van der Waals surface area contributed by atoms with Gasteiger partial charge in [-0.1, -0.05) is 0 Å². The molecule has 2 amide bonds. The third-order valence-electron chi connectivity index (χ3n) is 6.01. The molecule has 4 aliphatic carbocycles. The molecule has 6 heteroatoms. The molecule has 4 bridgehead atoms. The first kappa shape index (κ1) is 15.2. The highest BCUT2D eigenvalue weighted by molar-refractivity contribution is 9.10. The average Bonchev–Trinajstić information content (AvgIpc) is 2.81. The zero-order valence-corrected chi connectivity index (χ0v) is 14.9. The van der Waals surface area contributed by atoms with Gasteiger partial charge in [0.1, 0.15) is 5.69 Å². The summed E-state index contributed by atoms with van der Waals surface area (Å²) in [6.07, 6.45) is 8.71. The smallest absolute Gasteiger partial charge is 0.286 e. The van der Waals surface area contributed by atoms with Crippen molar-refractivity contribution in [2.24, 2.45) is 30.2 Å². The summed E-state index contributed by atoms with van der Waals surface area (Å²) in [6.45, 7) is 0. The summed E-state index contributed by atoms with van der Waals surface area (Å²) in [5.74, 6) is 1.87. The third kappa shape index (κ3) is 2.61. The molecule has 0 radical (unpaired) electrons. The summed E-state index contributed by atoms with van der Waals surface area (Å²) >= 11 is 3.35. The molecule has 124 valence electrons. The van der Waals surface area contributed by atoms with Gasteiger partial charge in [-0.2, -0.15) is 0 Å². The van der Waals surface area contributed by atoms with Crippen molar-refractivity contribution in [3.05, 3.63) is 22.4 Å². The van der Waals surface area contributed by atoms with Crippen molar-refractivity contribution in [2.75, 3.05) is 0 Å². The van der Waals surface area contributed by atoms with Gasteiger partial charge < -0.3 is 4.57 Å². The summed E-state index contributed by atoms with van der Waals surface area (Å²) in [5.41, 5.74) is 5.58. The van der Waals surface area contributed by atoms with E-state index in [9.17, 15) is 9.59 Å². The Hall–Kier alpha value is -1.30. The summed E-state index contributed by atoms with van der Waals surface area (Å²) < 4.78 is 2.58. The topological polar surface area (TPSA) is 63.1 Å². The number of nitrogens with zero attached hydrogens (tertiary/aromatic N) is 1. The molecule has 5 rings (SSSR count). The molecule has 5 nitrogen and oxygen atoms in total. The zero-order valence-electron chi connectivity index (χ0n) is 13.3.